The molecule has 0 saturated carbocycles. The Balaban J connectivity index is 1.95. The van der Waals surface area contributed by atoms with E-state index in [0.29, 0.717) is 0 Å². The standard InChI is InChI=1S/C14H26N2S/c1-13(2)6-4-8-15-9-10-16(3)12-14-7-5-11-17-14/h5,7,11,13,15H,4,6,8-10,12H2,1-3H3. The molecule has 0 spiro atoms. The van der Waals surface area contributed by atoms with Crippen molar-refractivity contribution in [2.75, 3.05) is 26.7 Å². The fourth-order valence-corrected chi connectivity index (χ4v) is 2.56. The summed E-state index contributed by atoms with van der Waals surface area (Å²) in [6, 6.07) is 4.33. The first kappa shape index (κ1) is 14.7. The molecule has 1 rings (SSSR count). The van der Waals surface area contributed by atoms with Gasteiger partial charge >= 0.3 is 0 Å². The average Bonchev–Trinajstić information content (AvgIpc) is 2.75. The Morgan fingerprint density at radius 1 is 1.35 bits per heavy atom. The summed E-state index contributed by atoms with van der Waals surface area (Å²) < 4.78 is 0. The van der Waals surface area contributed by atoms with Crippen molar-refractivity contribution in [1.82, 2.24) is 10.2 Å². The van der Waals surface area contributed by atoms with Crippen LogP contribution in [0.15, 0.2) is 17.5 Å². The van der Waals surface area contributed by atoms with Crippen molar-refractivity contribution in [3.63, 3.8) is 0 Å². The van der Waals surface area contributed by atoms with Crippen LogP contribution < -0.4 is 5.32 Å². The fourth-order valence-electron chi connectivity index (χ4n) is 1.78. The lowest BCUT2D eigenvalue weighted by molar-refractivity contribution is 0.326. The summed E-state index contributed by atoms with van der Waals surface area (Å²) in [6.45, 7) is 9.03. The molecule has 0 aliphatic rings. The Hall–Kier alpha value is -0.380. The van der Waals surface area contributed by atoms with Crippen LogP contribution in [0.5, 0.6) is 0 Å². The minimum atomic E-state index is 0.832. The molecule has 0 atom stereocenters. The number of likely N-dealkylation sites (N-methyl/N-ethyl adjacent to an activating group) is 1. The van der Waals surface area contributed by atoms with Crippen LogP contribution in [0, 0.1) is 5.92 Å². The molecule has 0 radical (unpaired) electrons. The van der Waals surface area contributed by atoms with Crippen LogP contribution in [0.3, 0.4) is 0 Å². The molecule has 1 N–H and O–H groups in total. The van der Waals surface area contributed by atoms with Gasteiger partial charge in [-0.2, -0.15) is 0 Å². The van der Waals surface area contributed by atoms with Crippen molar-refractivity contribution in [2.24, 2.45) is 5.92 Å². The van der Waals surface area contributed by atoms with E-state index in [9.17, 15) is 0 Å². The molecular weight excluding hydrogens is 228 g/mol. The fraction of sp³-hybridized carbons (Fsp3) is 0.714. The van der Waals surface area contributed by atoms with Crippen LogP contribution >= 0.6 is 11.3 Å². The van der Waals surface area contributed by atoms with Crippen LogP contribution in [0.1, 0.15) is 31.6 Å². The third-order valence-corrected chi connectivity index (χ3v) is 3.67. The van der Waals surface area contributed by atoms with E-state index in [0.717, 1.165) is 32.1 Å². The number of rotatable bonds is 9. The van der Waals surface area contributed by atoms with E-state index < -0.39 is 0 Å². The van der Waals surface area contributed by atoms with Crippen LogP contribution in [0.25, 0.3) is 0 Å². The number of hydrogen-bond donors (Lipinski definition) is 1. The zero-order chi connectivity index (χ0) is 12.5. The second-order valence-corrected chi connectivity index (χ2v) is 6.14. The van der Waals surface area contributed by atoms with Gasteiger partial charge in [-0.1, -0.05) is 19.9 Å². The molecule has 0 unspecified atom stereocenters. The smallest absolute Gasteiger partial charge is 0.0325 e. The van der Waals surface area contributed by atoms with E-state index in [2.05, 4.69) is 48.6 Å². The zero-order valence-corrected chi connectivity index (χ0v) is 12.2. The van der Waals surface area contributed by atoms with Gasteiger partial charge in [-0.25, -0.2) is 0 Å². The van der Waals surface area contributed by atoms with Crippen LogP contribution in [-0.4, -0.2) is 31.6 Å². The predicted molar refractivity (Wildman–Crippen MR) is 77.6 cm³/mol. The quantitative estimate of drug-likeness (QED) is 0.681. The minimum Gasteiger partial charge on any atom is -0.315 e. The van der Waals surface area contributed by atoms with E-state index in [4.69, 9.17) is 0 Å². The molecule has 0 aliphatic carbocycles. The Morgan fingerprint density at radius 3 is 2.82 bits per heavy atom. The molecule has 3 heteroatoms. The van der Waals surface area contributed by atoms with Gasteiger partial charge in [0, 0.05) is 24.5 Å². The molecule has 2 nitrogen and oxygen atoms in total. The average molecular weight is 254 g/mol. The van der Waals surface area contributed by atoms with Crippen molar-refractivity contribution in [2.45, 2.75) is 33.2 Å². The highest BCUT2D eigenvalue weighted by molar-refractivity contribution is 7.09. The highest BCUT2D eigenvalue weighted by atomic mass is 32.1. The number of nitrogens with one attached hydrogen (secondary N) is 1. The summed E-state index contributed by atoms with van der Waals surface area (Å²) in [5.74, 6) is 0.832. The van der Waals surface area contributed by atoms with Crippen LogP contribution in [0.2, 0.25) is 0 Å². The topological polar surface area (TPSA) is 15.3 Å². The van der Waals surface area contributed by atoms with Crippen molar-refractivity contribution >= 4 is 11.3 Å². The Bertz CT molecular complexity index is 270. The molecule has 0 fully saturated rings. The summed E-state index contributed by atoms with van der Waals surface area (Å²) in [5, 5.41) is 5.66. The number of hydrogen-bond acceptors (Lipinski definition) is 3. The van der Waals surface area contributed by atoms with E-state index in [1.807, 2.05) is 11.3 Å². The lowest BCUT2D eigenvalue weighted by Gasteiger charge is -2.16. The summed E-state index contributed by atoms with van der Waals surface area (Å²) in [6.07, 6.45) is 2.63. The molecule has 0 amide bonds. The summed E-state index contributed by atoms with van der Waals surface area (Å²) in [7, 11) is 2.19. The summed E-state index contributed by atoms with van der Waals surface area (Å²) in [5.41, 5.74) is 0. The van der Waals surface area contributed by atoms with E-state index in [1.165, 1.54) is 17.7 Å². The van der Waals surface area contributed by atoms with Gasteiger partial charge in [0.25, 0.3) is 0 Å². The minimum absolute atomic E-state index is 0.832. The van der Waals surface area contributed by atoms with Gasteiger partial charge in [-0.3, -0.25) is 0 Å². The zero-order valence-electron chi connectivity index (χ0n) is 11.4. The van der Waals surface area contributed by atoms with Crippen molar-refractivity contribution in [3.05, 3.63) is 22.4 Å². The third kappa shape index (κ3) is 7.53. The van der Waals surface area contributed by atoms with Crippen molar-refractivity contribution in [3.8, 4) is 0 Å². The molecule has 0 aliphatic heterocycles. The van der Waals surface area contributed by atoms with E-state index >= 15 is 0 Å². The molecule has 0 aromatic carbocycles. The molecule has 17 heavy (non-hydrogen) atoms. The number of thiophene rings is 1. The monoisotopic (exact) mass is 254 g/mol. The first-order valence-electron chi connectivity index (χ1n) is 6.60. The summed E-state index contributed by atoms with van der Waals surface area (Å²) >= 11 is 1.84. The lowest BCUT2D eigenvalue weighted by Crippen LogP contribution is -2.29. The van der Waals surface area contributed by atoms with E-state index in [1.54, 1.807) is 0 Å². The second-order valence-electron chi connectivity index (χ2n) is 5.10. The first-order valence-corrected chi connectivity index (χ1v) is 7.48. The maximum absolute atomic E-state index is 3.51. The maximum atomic E-state index is 3.51. The normalized spacial score (nSPS) is 11.6. The summed E-state index contributed by atoms with van der Waals surface area (Å²) in [4.78, 5) is 3.83. The second kappa shape index (κ2) is 8.67. The highest BCUT2D eigenvalue weighted by Crippen LogP contribution is 2.10. The van der Waals surface area contributed by atoms with Gasteiger partial charge in [-0.15, -0.1) is 11.3 Å². The van der Waals surface area contributed by atoms with Crippen molar-refractivity contribution < 1.29 is 0 Å². The third-order valence-electron chi connectivity index (χ3n) is 2.81. The lowest BCUT2D eigenvalue weighted by atomic mass is 10.1. The molecule has 1 heterocycles. The SMILES string of the molecule is CC(C)CCCNCCN(C)Cc1cccs1. The van der Waals surface area contributed by atoms with Gasteiger partial charge < -0.3 is 10.2 Å². The molecule has 0 saturated heterocycles. The van der Waals surface area contributed by atoms with Crippen LogP contribution in [0.4, 0.5) is 0 Å². The van der Waals surface area contributed by atoms with Crippen molar-refractivity contribution in [1.29, 1.82) is 0 Å². The largest absolute Gasteiger partial charge is 0.315 e. The van der Waals surface area contributed by atoms with Gasteiger partial charge in [0.05, 0.1) is 0 Å². The molecule has 98 valence electrons. The molecular formula is C14H26N2S. The first-order chi connectivity index (χ1) is 8.18. The van der Waals surface area contributed by atoms with Gasteiger partial charge in [-0.05, 0) is 43.8 Å². The Kier molecular flexibility index (Phi) is 7.49. The van der Waals surface area contributed by atoms with Gasteiger partial charge in [0.1, 0.15) is 0 Å². The Labute approximate surface area is 110 Å². The molecule has 0 bridgehead atoms. The van der Waals surface area contributed by atoms with Crippen LogP contribution in [-0.2, 0) is 6.54 Å². The maximum Gasteiger partial charge on any atom is 0.0325 e. The highest BCUT2D eigenvalue weighted by Gasteiger charge is 2.00. The number of nitrogens with zero attached hydrogens (tertiary/aromatic N) is 1. The van der Waals surface area contributed by atoms with Gasteiger partial charge in [0.2, 0.25) is 0 Å². The molecule has 1 aromatic rings. The molecule has 1 aromatic heterocycles. The Morgan fingerprint density at radius 2 is 2.18 bits per heavy atom. The predicted octanol–water partition coefficient (Wildman–Crippen LogP) is 3.21. The van der Waals surface area contributed by atoms with E-state index in [-0.39, 0.29) is 0 Å². The van der Waals surface area contributed by atoms with Gasteiger partial charge in [0.15, 0.2) is 0 Å².